The van der Waals surface area contributed by atoms with Crippen LogP contribution in [0.4, 0.5) is 10.1 Å². The summed E-state index contributed by atoms with van der Waals surface area (Å²) in [4.78, 5) is 25.1. The zero-order chi connectivity index (χ0) is 17.8. The second-order valence-electron chi connectivity index (χ2n) is 5.70. The molecule has 6 nitrogen and oxygen atoms in total. The zero-order valence-electron chi connectivity index (χ0n) is 13.3. The predicted octanol–water partition coefficient (Wildman–Crippen LogP) is 2.68. The lowest BCUT2D eigenvalue weighted by molar-refractivity contribution is -0.117. The first-order valence-corrected chi connectivity index (χ1v) is 8.65. The van der Waals surface area contributed by atoms with Crippen molar-refractivity contribution in [1.29, 1.82) is 0 Å². The fraction of sp³-hybridized carbons (Fsp3) is 0.294. The van der Waals surface area contributed by atoms with Crippen LogP contribution in [0.2, 0.25) is 0 Å². The summed E-state index contributed by atoms with van der Waals surface area (Å²) in [6.07, 6.45) is 0.164. The average Bonchev–Trinajstić information content (AvgIpc) is 2.99. The first kappa shape index (κ1) is 17.4. The van der Waals surface area contributed by atoms with Crippen molar-refractivity contribution in [3.8, 4) is 5.75 Å². The number of rotatable bonds is 7. The Hall–Kier alpha value is -2.45. The van der Waals surface area contributed by atoms with E-state index in [4.69, 9.17) is 9.84 Å². The number of halogens is 1. The second-order valence-corrected chi connectivity index (χ2v) is 6.61. The van der Waals surface area contributed by atoms with Gasteiger partial charge in [-0.15, -0.1) is 11.3 Å². The zero-order valence-corrected chi connectivity index (χ0v) is 14.1. The number of nitrogens with zero attached hydrogens (tertiary/aromatic N) is 1. The van der Waals surface area contributed by atoms with Crippen molar-refractivity contribution < 1.29 is 23.8 Å². The average molecular weight is 364 g/mol. The van der Waals surface area contributed by atoms with Crippen LogP contribution in [0.25, 0.3) is 0 Å². The summed E-state index contributed by atoms with van der Waals surface area (Å²) in [6, 6.07) is 7.85. The smallest absolute Gasteiger partial charge is 0.348 e. The maximum Gasteiger partial charge on any atom is 0.348 e. The summed E-state index contributed by atoms with van der Waals surface area (Å²) < 4.78 is 19.1. The third-order valence-electron chi connectivity index (χ3n) is 3.84. The molecule has 1 aromatic heterocycles. The van der Waals surface area contributed by atoms with E-state index in [1.54, 1.807) is 29.6 Å². The van der Waals surface area contributed by atoms with Gasteiger partial charge in [0.05, 0.1) is 5.69 Å². The summed E-state index contributed by atoms with van der Waals surface area (Å²) in [6.45, 7) is 1.79. The summed E-state index contributed by atoms with van der Waals surface area (Å²) in [5.41, 5.74) is 0.326. The molecule has 1 aliphatic heterocycles. The van der Waals surface area contributed by atoms with Crippen LogP contribution in [0.3, 0.4) is 0 Å². The Morgan fingerprint density at radius 2 is 2.08 bits per heavy atom. The fourth-order valence-corrected chi connectivity index (χ4v) is 3.23. The number of para-hydroxylation sites is 1. The van der Waals surface area contributed by atoms with E-state index in [2.05, 4.69) is 5.32 Å². The number of hydrogen-bond acceptors (Lipinski definition) is 5. The molecule has 1 saturated heterocycles. The number of likely N-dealkylation sites (tertiary alicyclic amines) is 1. The van der Waals surface area contributed by atoms with E-state index < -0.39 is 5.97 Å². The molecule has 1 fully saturated rings. The van der Waals surface area contributed by atoms with E-state index in [1.165, 1.54) is 6.07 Å². The second kappa shape index (κ2) is 7.62. The number of thiophene rings is 1. The molecule has 1 amide bonds. The third-order valence-corrected chi connectivity index (χ3v) is 4.75. The first-order valence-electron chi connectivity index (χ1n) is 7.77. The Labute approximate surface area is 147 Å². The molecule has 1 aromatic carbocycles. The molecule has 0 radical (unpaired) electrons. The summed E-state index contributed by atoms with van der Waals surface area (Å²) in [7, 11) is 0. The Bertz CT molecular complexity index is 774. The van der Waals surface area contributed by atoms with Crippen molar-refractivity contribution in [3.05, 3.63) is 46.4 Å². The van der Waals surface area contributed by atoms with Gasteiger partial charge in [0.1, 0.15) is 11.0 Å². The van der Waals surface area contributed by atoms with Crippen molar-refractivity contribution in [2.24, 2.45) is 0 Å². The van der Waals surface area contributed by atoms with Crippen LogP contribution in [-0.4, -0.2) is 47.6 Å². The van der Waals surface area contributed by atoms with Gasteiger partial charge in [-0.05, 0) is 23.6 Å². The van der Waals surface area contributed by atoms with Crippen molar-refractivity contribution >= 4 is 28.9 Å². The number of carboxylic acid groups (broad SMARTS) is 1. The lowest BCUT2D eigenvalue weighted by Gasteiger charge is -2.38. The van der Waals surface area contributed by atoms with Gasteiger partial charge in [-0.1, -0.05) is 12.1 Å². The summed E-state index contributed by atoms with van der Waals surface area (Å²) in [5.74, 6) is -1.44. The Morgan fingerprint density at radius 3 is 2.80 bits per heavy atom. The SMILES string of the molecule is O=C(CCN1CC(Oc2ccccc2F)C1)Nc1ccsc1C(=O)O. The Morgan fingerprint density at radius 1 is 1.32 bits per heavy atom. The summed E-state index contributed by atoms with van der Waals surface area (Å²) >= 11 is 1.07. The van der Waals surface area contributed by atoms with Crippen LogP contribution in [0, 0.1) is 5.82 Å². The highest BCUT2D eigenvalue weighted by Gasteiger charge is 2.29. The molecular formula is C17H17FN2O4S. The molecule has 0 unspecified atom stereocenters. The number of anilines is 1. The van der Waals surface area contributed by atoms with Gasteiger partial charge in [0.15, 0.2) is 11.6 Å². The van der Waals surface area contributed by atoms with Gasteiger partial charge >= 0.3 is 5.97 Å². The van der Waals surface area contributed by atoms with E-state index in [0.29, 0.717) is 25.3 Å². The van der Waals surface area contributed by atoms with Crippen LogP contribution in [0.15, 0.2) is 35.7 Å². The molecule has 2 N–H and O–H groups in total. The van der Waals surface area contributed by atoms with Crippen LogP contribution in [0.5, 0.6) is 5.75 Å². The van der Waals surface area contributed by atoms with E-state index in [0.717, 1.165) is 11.3 Å². The number of carbonyl (C=O) groups excluding carboxylic acids is 1. The highest BCUT2D eigenvalue weighted by atomic mass is 32.1. The van der Waals surface area contributed by atoms with Crippen molar-refractivity contribution in [2.75, 3.05) is 25.0 Å². The predicted molar refractivity (Wildman–Crippen MR) is 91.8 cm³/mol. The quantitative estimate of drug-likeness (QED) is 0.790. The van der Waals surface area contributed by atoms with Crippen LogP contribution in [0.1, 0.15) is 16.1 Å². The molecule has 8 heteroatoms. The molecule has 0 spiro atoms. The molecule has 2 aromatic rings. The van der Waals surface area contributed by atoms with E-state index in [1.807, 2.05) is 4.90 Å². The van der Waals surface area contributed by atoms with Gasteiger partial charge in [0.25, 0.3) is 0 Å². The normalized spacial score (nSPS) is 14.8. The van der Waals surface area contributed by atoms with Crippen LogP contribution < -0.4 is 10.1 Å². The molecule has 132 valence electrons. The largest absolute Gasteiger partial charge is 0.485 e. The molecule has 25 heavy (non-hydrogen) atoms. The highest BCUT2D eigenvalue weighted by Crippen LogP contribution is 2.23. The van der Waals surface area contributed by atoms with Gasteiger partial charge in [0, 0.05) is 26.1 Å². The molecular weight excluding hydrogens is 347 g/mol. The number of carbonyl (C=O) groups is 2. The van der Waals surface area contributed by atoms with Gasteiger partial charge in [-0.3, -0.25) is 9.69 Å². The topological polar surface area (TPSA) is 78.9 Å². The maximum absolute atomic E-state index is 13.5. The van der Waals surface area contributed by atoms with Gasteiger partial charge < -0.3 is 15.2 Å². The van der Waals surface area contributed by atoms with Gasteiger partial charge in [-0.2, -0.15) is 0 Å². The standard InChI is InChI=1S/C17H17FN2O4S/c18-12-3-1-2-4-14(12)24-11-9-20(10-11)7-5-15(21)19-13-6-8-25-16(13)17(22)23/h1-4,6,8,11H,5,7,9-10H2,(H,19,21)(H,22,23). The number of nitrogens with one attached hydrogen (secondary N) is 1. The molecule has 0 atom stereocenters. The first-order chi connectivity index (χ1) is 12.0. The number of hydrogen-bond donors (Lipinski definition) is 2. The van der Waals surface area contributed by atoms with Crippen LogP contribution in [-0.2, 0) is 4.79 Å². The van der Waals surface area contributed by atoms with Gasteiger partial charge in [0.2, 0.25) is 5.91 Å². The third kappa shape index (κ3) is 4.34. The molecule has 0 aliphatic carbocycles. The Kier molecular flexibility index (Phi) is 5.30. The van der Waals surface area contributed by atoms with Crippen molar-refractivity contribution in [3.63, 3.8) is 0 Å². The number of amides is 1. The Balaban J connectivity index is 1.39. The molecule has 0 bridgehead atoms. The van der Waals surface area contributed by atoms with Gasteiger partial charge in [-0.25, -0.2) is 9.18 Å². The minimum Gasteiger partial charge on any atom is -0.485 e. The number of aromatic carboxylic acids is 1. The monoisotopic (exact) mass is 364 g/mol. The fourth-order valence-electron chi connectivity index (χ4n) is 2.55. The highest BCUT2D eigenvalue weighted by molar-refractivity contribution is 7.12. The molecule has 3 rings (SSSR count). The van der Waals surface area contributed by atoms with E-state index in [9.17, 15) is 14.0 Å². The molecule has 0 saturated carbocycles. The maximum atomic E-state index is 13.5. The van der Waals surface area contributed by atoms with Crippen molar-refractivity contribution in [2.45, 2.75) is 12.5 Å². The number of ether oxygens (including phenoxy) is 1. The molecule has 1 aliphatic rings. The molecule has 2 heterocycles. The number of carboxylic acids is 1. The summed E-state index contributed by atoms with van der Waals surface area (Å²) in [5, 5.41) is 13.3. The minimum atomic E-state index is -1.05. The lowest BCUT2D eigenvalue weighted by atomic mass is 10.1. The minimum absolute atomic E-state index is 0.0875. The lowest BCUT2D eigenvalue weighted by Crippen LogP contribution is -2.54. The van der Waals surface area contributed by atoms with E-state index in [-0.39, 0.29) is 34.9 Å². The van der Waals surface area contributed by atoms with E-state index >= 15 is 0 Å². The number of benzene rings is 1. The van der Waals surface area contributed by atoms with Crippen LogP contribution >= 0.6 is 11.3 Å². The van der Waals surface area contributed by atoms with Crippen molar-refractivity contribution in [1.82, 2.24) is 4.90 Å².